The van der Waals surface area contributed by atoms with Gasteiger partial charge < -0.3 is 10.2 Å². The smallest absolute Gasteiger partial charge is 0.230 e. The first-order valence-corrected chi connectivity index (χ1v) is 8.75. The molecule has 0 spiro atoms. The topological polar surface area (TPSA) is 35.6 Å². The third-order valence-corrected chi connectivity index (χ3v) is 5.15. The van der Waals surface area contributed by atoms with Crippen LogP contribution < -0.4 is 5.32 Å². The first-order valence-electron chi connectivity index (χ1n) is 7.35. The summed E-state index contributed by atoms with van der Waals surface area (Å²) >= 11 is 1.59. The van der Waals surface area contributed by atoms with Gasteiger partial charge >= 0.3 is 0 Å². The van der Waals surface area contributed by atoms with E-state index >= 15 is 0 Å². The second-order valence-corrected chi connectivity index (χ2v) is 6.80. The molecule has 0 radical (unpaired) electrons. The van der Waals surface area contributed by atoms with Crippen LogP contribution in [0.5, 0.6) is 0 Å². The third-order valence-electron chi connectivity index (χ3n) is 4.60. The first-order chi connectivity index (χ1) is 9.16. The van der Waals surface area contributed by atoms with Crippen LogP contribution in [0.25, 0.3) is 0 Å². The van der Waals surface area contributed by atoms with Crippen molar-refractivity contribution in [1.29, 1.82) is 0 Å². The van der Waals surface area contributed by atoms with Gasteiger partial charge in [-0.05, 0) is 26.1 Å². The molecule has 0 aromatic rings. The Morgan fingerprint density at radius 1 is 1.21 bits per heavy atom. The molecule has 5 heteroatoms. The van der Waals surface area contributed by atoms with Gasteiger partial charge in [0.1, 0.15) is 0 Å². The van der Waals surface area contributed by atoms with Gasteiger partial charge in [0.25, 0.3) is 0 Å². The Bertz CT molecular complexity index is 297. The number of nitrogens with zero attached hydrogens (tertiary/aromatic N) is 2. The van der Waals surface area contributed by atoms with E-state index in [1.807, 2.05) is 6.26 Å². The number of hydrogen-bond acceptors (Lipinski definition) is 4. The number of carbonyl (C=O) groups excluding carboxylic acids is 1. The Hall–Kier alpha value is -0.260. The van der Waals surface area contributed by atoms with Crippen molar-refractivity contribution in [2.45, 2.75) is 31.2 Å². The highest BCUT2D eigenvalue weighted by atomic mass is 32.2. The molecule has 0 atom stereocenters. The van der Waals surface area contributed by atoms with Crippen molar-refractivity contribution in [2.75, 3.05) is 51.8 Å². The minimum Gasteiger partial charge on any atom is -0.354 e. The minimum absolute atomic E-state index is 0.188. The molecule has 2 rings (SSSR count). The van der Waals surface area contributed by atoms with Gasteiger partial charge in [-0.1, -0.05) is 12.8 Å². The van der Waals surface area contributed by atoms with Gasteiger partial charge in [-0.25, -0.2) is 0 Å². The number of hydrogen-bond donors (Lipinski definition) is 1. The lowest BCUT2D eigenvalue weighted by molar-refractivity contribution is -0.119. The van der Waals surface area contributed by atoms with Gasteiger partial charge in [0, 0.05) is 38.3 Å². The van der Waals surface area contributed by atoms with Crippen LogP contribution >= 0.6 is 11.8 Å². The van der Waals surface area contributed by atoms with Gasteiger partial charge in [0.2, 0.25) is 5.91 Å². The Balaban J connectivity index is 1.91. The molecule has 110 valence electrons. The molecule has 1 amide bonds. The molecule has 4 nitrogen and oxygen atoms in total. The second-order valence-electron chi connectivity index (χ2n) is 5.93. The van der Waals surface area contributed by atoms with E-state index in [1.165, 1.54) is 25.7 Å². The van der Waals surface area contributed by atoms with E-state index in [4.69, 9.17) is 0 Å². The Morgan fingerprint density at radius 2 is 1.84 bits per heavy atom. The van der Waals surface area contributed by atoms with E-state index in [9.17, 15) is 4.79 Å². The van der Waals surface area contributed by atoms with Gasteiger partial charge in [-0.15, -0.1) is 0 Å². The molecular weight excluding hydrogens is 258 g/mol. The van der Waals surface area contributed by atoms with Crippen LogP contribution in [-0.4, -0.2) is 73.0 Å². The van der Waals surface area contributed by atoms with E-state index in [1.54, 1.807) is 11.8 Å². The number of nitrogens with one attached hydrogen (secondary N) is 1. The summed E-state index contributed by atoms with van der Waals surface area (Å²) in [6.45, 7) is 5.45. The summed E-state index contributed by atoms with van der Waals surface area (Å²) in [6, 6.07) is 0. The fourth-order valence-corrected chi connectivity index (χ4v) is 3.73. The third kappa shape index (κ3) is 3.86. The molecule has 0 unspecified atom stereocenters. The van der Waals surface area contributed by atoms with E-state index in [0.717, 1.165) is 32.7 Å². The monoisotopic (exact) mass is 285 g/mol. The summed E-state index contributed by atoms with van der Waals surface area (Å²) in [4.78, 5) is 16.8. The Kier molecular flexibility index (Phi) is 5.54. The highest BCUT2D eigenvalue weighted by molar-refractivity contribution is 7.99. The molecule has 1 saturated heterocycles. The highest BCUT2D eigenvalue weighted by Gasteiger charge is 2.40. The fourth-order valence-electron chi connectivity index (χ4n) is 3.36. The zero-order valence-corrected chi connectivity index (χ0v) is 13.1. The molecular formula is C14H27N3OS. The fraction of sp³-hybridized carbons (Fsp3) is 0.929. The maximum Gasteiger partial charge on any atom is 0.230 e. The van der Waals surface area contributed by atoms with E-state index in [0.29, 0.717) is 5.75 Å². The molecule has 1 N–H and O–H groups in total. The standard InChI is InChI=1S/C14H27N3OS/c1-16-7-9-17(10-8-16)14(5-3-4-6-14)12-15-13(18)11-19-2/h3-12H2,1-2H3,(H,15,18). The van der Waals surface area contributed by atoms with Crippen molar-refractivity contribution in [3.63, 3.8) is 0 Å². The number of carbonyl (C=O) groups is 1. The van der Waals surface area contributed by atoms with E-state index < -0.39 is 0 Å². The number of amides is 1. The van der Waals surface area contributed by atoms with Crippen LogP contribution in [0, 0.1) is 0 Å². The summed E-state index contributed by atoms with van der Waals surface area (Å²) < 4.78 is 0. The van der Waals surface area contributed by atoms with Crippen molar-refractivity contribution in [3.05, 3.63) is 0 Å². The lowest BCUT2D eigenvalue weighted by Crippen LogP contribution is -2.59. The lowest BCUT2D eigenvalue weighted by Gasteiger charge is -2.45. The van der Waals surface area contributed by atoms with Gasteiger partial charge in [0.15, 0.2) is 0 Å². The zero-order chi connectivity index (χ0) is 13.7. The largest absolute Gasteiger partial charge is 0.354 e. The average Bonchev–Trinajstić information content (AvgIpc) is 2.88. The second kappa shape index (κ2) is 6.95. The molecule has 1 aliphatic carbocycles. The Labute approximate surface area is 121 Å². The van der Waals surface area contributed by atoms with Crippen molar-refractivity contribution in [3.8, 4) is 0 Å². The first kappa shape index (κ1) is 15.1. The minimum atomic E-state index is 0.188. The SMILES string of the molecule is CSCC(=O)NCC1(N2CCN(C)CC2)CCCC1. The quantitative estimate of drug-likeness (QED) is 0.818. The summed E-state index contributed by atoms with van der Waals surface area (Å²) in [7, 11) is 2.19. The van der Waals surface area contributed by atoms with E-state index in [2.05, 4.69) is 22.2 Å². The van der Waals surface area contributed by atoms with Crippen LogP contribution in [0.3, 0.4) is 0 Å². The van der Waals surface area contributed by atoms with E-state index in [-0.39, 0.29) is 11.4 Å². The predicted molar refractivity (Wildman–Crippen MR) is 81.7 cm³/mol. The summed E-state index contributed by atoms with van der Waals surface area (Å²) in [5.74, 6) is 0.770. The van der Waals surface area contributed by atoms with Crippen molar-refractivity contribution in [2.24, 2.45) is 0 Å². The normalized spacial score (nSPS) is 24.5. The molecule has 2 fully saturated rings. The molecule has 2 aliphatic rings. The van der Waals surface area contributed by atoms with Crippen molar-refractivity contribution < 1.29 is 4.79 Å². The van der Waals surface area contributed by atoms with Crippen LogP contribution in [0.15, 0.2) is 0 Å². The van der Waals surface area contributed by atoms with Gasteiger partial charge in [-0.3, -0.25) is 9.69 Å². The summed E-state index contributed by atoms with van der Waals surface area (Å²) in [5, 5.41) is 3.16. The molecule has 0 aromatic carbocycles. The number of rotatable bonds is 5. The van der Waals surface area contributed by atoms with Gasteiger partial charge in [0.05, 0.1) is 5.75 Å². The van der Waals surface area contributed by atoms with Gasteiger partial charge in [-0.2, -0.15) is 11.8 Å². The average molecular weight is 285 g/mol. The summed E-state index contributed by atoms with van der Waals surface area (Å²) in [6.07, 6.45) is 7.09. The number of likely N-dealkylation sites (N-methyl/N-ethyl adjacent to an activating group) is 1. The van der Waals surface area contributed by atoms with Crippen LogP contribution in [0.4, 0.5) is 0 Å². The summed E-state index contributed by atoms with van der Waals surface area (Å²) in [5.41, 5.74) is 0.245. The maximum absolute atomic E-state index is 11.7. The van der Waals surface area contributed by atoms with Crippen LogP contribution in [0.2, 0.25) is 0 Å². The number of thioether (sulfide) groups is 1. The predicted octanol–water partition coefficient (Wildman–Crippen LogP) is 1.03. The molecule has 0 aromatic heterocycles. The van der Waals surface area contributed by atoms with Crippen molar-refractivity contribution in [1.82, 2.24) is 15.1 Å². The Morgan fingerprint density at radius 3 is 2.42 bits per heavy atom. The molecule has 1 heterocycles. The van der Waals surface area contributed by atoms with Crippen molar-refractivity contribution >= 4 is 17.7 Å². The van der Waals surface area contributed by atoms with Crippen LogP contribution in [-0.2, 0) is 4.79 Å². The molecule has 1 saturated carbocycles. The molecule has 0 bridgehead atoms. The lowest BCUT2D eigenvalue weighted by atomic mass is 9.94. The van der Waals surface area contributed by atoms with Crippen LogP contribution in [0.1, 0.15) is 25.7 Å². The maximum atomic E-state index is 11.7. The zero-order valence-electron chi connectivity index (χ0n) is 12.3. The highest BCUT2D eigenvalue weighted by Crippen LogP contribution is 2.35. The molecule has 1 aliphatic heterocycles. The molecule has 19 heavy (non-hydrogen) atoms. The number of piperazine rings is 1.